The average Bonchev–Trinajstić information content (AvgIpc) is 2.72. The van der Waals surface area contributed by atoms with Gasteiger partial charge in [-0.1, -0.05) is 24.3 Å². The van der Waals surface area contributed by atoms with Crippen LogP contribution in [0, 0.1) is 18.6 Å². The summed E-state index contributed by atoms with van der Waals surface area (Å²) in [7, 11) is 1.73. The maximum Gasteiger partial charge on any atom is 0.191 e. The van der Waals surface area contributed by atoms with Gasteiger partial charge in [0.25, 0.3) is 0 Å². The lowest BCUT2D eigenvalue weighted by atomic mass is 10.0. The van der Waals surface area contributed by atoms with Crippen LogP contribution >= 0.6 is 24.0 Å². The van der Waals surface area contributed by atoms with E-state index < -0.39 is 5.82 Å². The van der Waals surface area contributed by atoms with Crippen LogP contribution in [-0.2, 0) is 13.0 Å². The van der Waals surface area contributed by atoms with E-state index >= 15 is 0 Å². The fourth-order valence-electron chi connectivity index (χ4n) is 3.70. The van der Waals surface area contributed by atoms with Crippen molar-refractivity contribution in [1.29, 1.82) is 0 Å². The normalized spacial score (nSPS) is 15.5. The Hall–Kier alpha value is -1.74. The smallest absolute Gasteiger partial charge is 0.191 e. The van der Waals surface area contributed by atoms with E-state index in [1.54, 1.807) is 7.05 Å². The van der Waals surface area contributed by atoms with Gasteiger partial charge in [-0.25, -0.2) is 8.78 Å². The topological polar surface area (TPSA) is 39.7 Å². The number of nitrogens with zero attached hydrogens (tertiary/aromatic N) is 2. The van der Waals surface area contributed by atoms with Crippen molar-refractivity contribution < 1.29 is 8.78 Å². The Kier molecular flexibility index (Phi) is 9.97. The van der Waals surface area contributed by atoms with E-state index in [4.69, 9.17) is 0 Å². The molecule has 1 saturated heterocycles. The number of halogens is 3. The highest BCUT2D eigenvalue weighted by atomic mass is 127. The summed E-state index contributed by atoms with van der Waals surface area (Å²) in [4.78, 5) is 6.75. The monoisotopic (exact) mass is 528 g/mol. The van der Waals surface area contributed by atoms with E-state index in [2.05, 4.69) is 51.7 Å². The molecule has 2 N–H and O–H groups in total. The lowest BCUT2D eigenvalue weighted by Gasteiger charge is -2.33. The number of piperidine rings is 1. The lowest BCUT2D eigenvalue weighted by Crippen LogP contribution is -2.48. The molecule has 0 bridgehead atoms. The van der Waals surface area contributed by atoms with Gasteiger partial charge in [-0.15, -0.1) is 24.0 Å². The van der Waals surface area contributed by atoms with Crippen molar-refractivity contribution in [1.82, 2.24) is 15.5 Å². The number of rotatable bonds is 6. The zero-order valence-electron chi connectivity index (χ0n) is 17.6. The zero-order valence-corrected chi connectivity index (χ0v) is 20.0. The Labute approximate surface area is 195 Å². The molecule has 3 rings (SSSR count). The van der Waals surface area contributed by atoms with Crippen LogP contribution in [0.4, 0.5) is 8.78 Å². The van der Waals surface area contributed by atoms with Gasteiger partial charge in [0, 0.05) is 39.3 Å². The average molecular weight is 528 g/mol. The van der Waals surface area contributed by atoms with Gasteiger partial charge in [0.05, 0.1) is 0 Å². The number of hydrogen-bond acceptors (Lipinski definition) is 2. The zero-order chi connectivity index (χ0) is 20.6. The van der Waals surface area contributed by atoms with E-state index in [1.165, 1.54) is 23.3 Å². The number of nitrogens with one attached hydrogen (secondary N) is 2. The number of aryl methyl sites for hydroxylation is 1. The molecule has 4 nitrogen and oxygen atoms in total. The van der Waals surface area contributed by atoms with Crippen LogP contribution < -0.4 is 10.6 Å². The van der Waals surface area contributed by atoms with Crippen LogP contribution in [0.15, 0.2) is 47.5 Å². The molecule has 0 amide bonds. The van der Waals surface area contributed by atoms with Gasteiger partial charge < -0.3 is 10.6 Å². The Morgan fingerprint density at radius 3 is 2.53 bits per heavy atom. The highest BCUT2D eigenvalue weighted by Gasteiger charge is 2.20. The second-order valence-electron chi connectivity index (χ2n) is 7.61. The summed E-state index contributed by atoms with van der Waals surface area (Å²) in [5.74, 6) is -0.0855. The summed E-state index contributed by atoms with van der Waals surface area (Å²) >= 11 is 0. The second-order valence-corrected chi connectivity index (χ2v) is 7.61. The van der Waals surface area contributed by atoms with Crippen LogP contribution in [0.3, 0.4) is 0 Å². The first-order valence-electron chi connectivity index (χ1n) is 10.2. The van der Waals surface area contributed by atoms with E-state index in [1.807, 2.05) is 0 Å². The first kappa shape index (κ1) is 24.5. The molecule has 0 atom stereocenters. The van der Waals surface area contributed by atoms with Gasteiger partial charge >= 0.3 is 0 Å². The van der Waals surface area contributed by atoms with Crippen molar-refractivity contribution in [2.24, 2.45) is 4.99 Å². The molecule has 30 heavy (non-hydrogen) atoms. The van der Waals surface area contributed by atoms with E-state index in [9.17, 15) is 8.78 Å². The molecular weight excluding hydrogens is 497 g/mol. The first-order valence-corrected chi connectivity index (χ1v) is 10.2. The Morgan fingerprint density at radius 2 is 1.83 bits per heavy atom. The van der Waals surface area contributed by atoms with E-state index in [-0.39, 0.29) is 29.8 Å². The van der Waals surface area contributed by atoms with Gasteiger partial charge in [0.1, 0.15) is 11.6 Å². The van der Waals surface area contributed by atoms with Crippen LogP contribution in [-0.4, -0.2) is 43.6 Å². The highest BCUT2D eigenvalue weighted by molar-refractivity contribution is 14.0. The van der Waals surface area contributed by atoms with E-state index in [0.717, 1.165) is 38.5 Å². The van der Waals surface area contributed by atoms with E-state index in [0.29, 0.717) is 30.5 Å². The minimum absolute atomic E-state index is 0. The summed E-state index contributed by atoms with van der Waals surface area (Å²) in [5.41, 5.74) is 3.10. The minimum Gasteiger partial charge on any atom is -0.356 e. The van der Waals surface area contributed by atoms with Crippen molar-refractivity contribution >= 4 is 29.9 Å². The van der Waals surface area contributed by atoms with Crippen LogP contribution in [0.1, 0.15) is 29.5 Å². The predicted molar refractivity (Wildman–Crippen MR) is 129 cm³/mol. The molecule has 1 aliphatic rings. The third-order valence-corrected chi connectivity index (χ3v) is 5.50. The second kappa shape index (κ2) is 12.2. The van der Waals surface area contributed by atoms with Crippen molar-refractivity contribution in [2.45, 2.75) is 38.8 Å². The largest absolute Gasteiger partial charge is 0.356 e. The fraction of sp³-hybridized carbons (Fsp3) is 0.435. The molecule has 164 valence electrons. The molecule has 0 aromatic heterocycles. The van der Waals surface area contributed by atoms with Crippen molar-refractivity contribution in [3.05, 3.63) is 70.8 Å². The van der Waals surface area contributed by atoms with Crippen molar-refractivity contribution in [3.8, 4) is 0 Å². The standard InChI is InChI=1S/C23H30F2N4.HI/c1-17-5-3-4-6-19(17)16-29-13-10-21(11-14-29)28-23(26-2)27-12-9-18-15-20(24)7-8-22(18)25;/h3-8,15,21H,9-14,16H2,1-2H3,(H2,26,27,28);1H. The third kappa shape index (κ3) is 7.19. The van der Waals surface area contributed by atoms with Gasteiger partial charge in [-0.05, 0) is 61.1 Å². The van der Waals surface area contributed by atoms with Gasteiger partial charge in [-0.2, -0.15) is 0 Å². The molecule has 1 fully saturated rings. The summed E-state index contributed by atoms with van der Waals surface area (Å²) in [6, 6.07) is 12.5. The lowest BCUT2D eigenvalue weighted by molar-refractivity contribution is 0.198. The molecule has 0 unspecified atom stereocenters. The molecule has 1 aliphatic heterocycles. The molecule has 0 aliphatic carbocycles. The SMILES string of the molecule is CN=C(NCCc1cc(F)ccc1F)NC1CCN(Cc2ccccc2C)CC1.I. The highest BCUT2D eigenvalue weighted by Crippen LogP contribution is 2.16. The number of guanidine groups is 1. The number of likely N-dealkylation sites (tertiary alicyclic amines) is 1. The van der Waals surface area contributed by atoms with Gasteiger partial charge in [0.15, 0.2) is 5.96 Å². The Balaban J connectivity index is 0.00000320. The number of benzene rings is 2. The minimum atomic E-state index is -0.415. The van der Waals surface area contributed by atoms with Crippen molar-refractivity contribution in [3.63, 3.8) is 0 Å². The van der Waals surface area contributed by atoms with Crippen LogP contribution in [0.25, 0.3) is 0 Å². The summed E-state index contributed by atoms with van der Waals surface area (Å²) in [5, 5.41) is 6.66. The molecule has 2 aromatic carbocycles. The number of aliphatic imine (C=N–C) groups is 1. The molecule has 0 radical (unpaired) electrons. The quantitative estimate of drug-likeness (QED) is 0.335. The Morgan fingerprint density at radius 1 is 1.10 bits per heavy atom. The predicted octanol–water partition coefficient (Wildman–Crippen LogP) is 4.26. The van der Waals surface area contributed by atoms with Crippen molar-refractivity contribution in [2.75, 3.05) is 26.7 Å². The number of hydrogen-bond donors (Lipinski definition) is 2. The molecule has 0 spiro atoms. The van der Waals surface area contributed by atoms with Gasteiger partial charge in [-0.3, -0.25) is 9.89 Å². The maximum absolute atomic E-state index is 13.7. The molecule has 2 aromatic rings. The van der Waals surface area contributed by atoms with Gasteiger partial charge in [0.2, 0.25) is 0 Å². The maximum atomic E-state index is 13.7. The summed E-state index contributed by atoms with van der Waals surface area (Å²) in [6.45, 7) is 5.72. The molecule has 1 heterocycles. The van der Waals surface area contributed by atoms with Crippen LogP contribution in [0.2, 0.25) is 0 Å². The third-order valence-electron chi connectivity index (χ3n) is 5.50. The molecule has 7 heteroatoms. The molecule has 0 saturated carbocycles. The molecular formula is C23H31F2IN4. The summed E-state index contributed by atoms with van der Waals surface area (Å²) in [6.07, 6.45) is 2.50. The fourth-order valence-corrected chi connectivity index (χ4v) is 3.70. The summed E-state index contributed by atoms with van der Waals surface area (Å²) < 4.78 is 27.0. The van der Waals surface area contributed by atoms with Crippen LogP contribution in [0.5, 0.6) is 0 Å². The Bertz CT molecular complexity index is 836. The first-order chi connectivity index (χ1) is 14.0.